The van der Waals surface area contributed by atoms with Crippen LogP contribution >= 0.6 is 7.80 Å². The number of hydrogen-bond donors (Lipinski definition) is 1. The summed E-state index contributed by atoms with van der Waals surface area (Å²) in [5.74, 6) is 0.140. The SMILES string of the molecule is Cc1cccc(O)c1[P+](=O)C(C)(C)C. The fourth-order valence-corrected chi connectivity index (χ4v) is 2.59. The van der Waals surface area contributed by atoms with Gasteiger partial charge in [-0.2, -0.15) is 0 Å². The van der Waals surface area contributed by atoms with E-state index >= 15 is 0 Å². The van der Waals surface area contributed by atoms with Gasteiger partial charge in [-0.1, -0.05) is 16.7 Å². The molecule has 0 aliphatic rings. The number of phenols is 1. The van der Waals surface area contributed by atoms with Gasteiger partial charge in [0.15, 0.2) is 10.9 Å². The molecule has 14 heavy (non-hydrogen) atoms. The van der Waals surface area contributed by atoms with Crippen LogP contribution in [0.1, 0.15) is 26.3 Å². The minimum atomic E-state index is -1.56. The van der Waals surface area contributed by atoms with E-state index in [0.717, 1.165) is 5.56 Å². The van der Waals surface area contributed by atoms with Crippen LogP contribution in [0.3, 0.4) is 0 Å². The summed E-state index contributed by atoms with van der Waals surface area (Å²) in [5.41, 5.74) is 0.890. The Balaban J connectivity index is 3.26. The first kappa shape index (κ1) is 11.2. The Morgan fingerprint density at radius 1 is 1.29 bits per heavy atom. The van der Waals surface area contributed by atoms with Crippen LogP contribution in [0, 0.1) is 6.92 Å². The van der Waals surface area contributed by atoms with Crippen LogP contribution in [0.4, 0.5) is 0 Å². The van der Waals surface area contributed by atoms with E-state index in [1.807, 2.05) is 33.8 Å². The van der Waals surface area contributed by atoms with Gasteiger partial charge in [0.1, 0.15) is 0 Å². The van der Waals surface area contributed by atoms with Crippen molar-refractivity contribution in [3.05, 3.63) is 23.8 Å². The van der Waals surface area contributed by atoms with Crippen molar-refractivity contribution in [1.82, 2.24) is 0 Å². The summed E-state index contributed by atoms with van der Waals surface area (Å²) >= 11 is 0. The fourth-order valence-electron chi connectivity index (χ4n) is 1.24. The number of aromatic hydroxyl groups is 1. The zero-order valence-corrected chi connectivity index (χ0v) is 9.93. The highest BCUT2D eigenvalue weighted by atomic mass is 31.1. The van der Waals surface area contributed by atoms with Crippen molar-refractivity contribution in [1.29, 1.82) is 0 Å². The third-order valence-electron chi connectivity index (χ3n) is 2.03. The second kappa shape index (κ2) is 3.70. The van der Waals surface area contributed by atoms with Crippen LogP contribution in [0.15, 0.2) is 18.2 Å². The summed E-state index contributed by atoms with van der Waals surface area (Å²) in [6, 6.07) is 5.22. The molecule has 0 aliphatic carbocycles. The number of phenolic OH excluding ortho intramolecular Hbond substituents is 1. The normalized spacial score (nSPS) is 12.7. The van der Waals surface area contributed by atoms with Gasteiger partial charge < -0.3 is 5.11 Å². The molecule has 1 N–H and O–H groups in total. The summed E-state index contributed by atoms with van der Waals surface area (Å²) < 4.78 is 12.1. The van der Waals surface area contributed by atoms with E-state index in [0.29, 0.717) is 5.30 Å². The van der Waals surface area contributed by atoms with Crippen LogP contribution in [0.5, 0.6) is 5.75 Å². The van der Waals surface area contributed by atoms with Gasteiger partial charge in [-0.05, 0) is 33.8 Å². The molecule has 0 saturated carbocycles. The molecule has 1 aromatic rings. The average Bonchev–Trinajstić information content (AvgIpc) is 2.01. The summed E-state index contributed by atoms with van der Waals surface area (Å²) in [4.78, 5) is 0. The first-order chi connectivity index (χ1) is 6.34. The lowest BCUT2D eigenvalue weighted by atomic mass is 10.2. The third kappa shape index (κ3) is 2.13. The monoisotopic (exact) mass is 211 g/mol. The van der Waals surface area contributed by atoms with Crippen molar-refractivity contribution in [2.45, 2.75) is 32.9 Å². The van der Waals surface area contributed by atoms with E-state index in [1.54, 1.807) is 12.1 Å². The molecule has 0 amide bonds. The molecule has 2 nitrogen and oxygen atoms in total. The zero-order valence-electron chi connectivity index (χ0n) is 9.03. The molecule has 3 heteroatoms. The number of rotatable bonds is 1. The third-order valence-corrected chi connectivity index (χ3v) is 4.24. The fraction of sp³-hybridized carbons (Fsp3) is 0.455. The van der Waals surface area contributed by atoms with Gasteiger partial charge in [0.05, 0.1) is 0 Å². The van der Waals surface area contributed by atoms with E-state index in [2.05, 4.69) is 0 Å². The van der Waals surface area contributed by atoms with Crippen molar-refractivity contribution in [2.75, 3.05) is 0 Å². The van der Waals surface area contributed by atoms with Crippen LogP contribution in [0.25, 0.3) is 0 Å². The Morgan fingerprint density at radius 3 is 2.29 bits per heavy atom. The molecule has 76 valence electrons. The predicted octanol–water partition coefficient (Wildman–Crippen LogP) is 2.95. The van der Waals surface area contributed by atoms with Crippen LogP contribution in [0.2, 0.25) is 0 Å². The maximum absolute atomic E-state index is 12.1. The van der Waals surface area contributed by atoms with E-state index in [9.17, 15) is 9.67 Å². The molecule has 0 spiro atoms. The average molecular weight is 211 g/mol. The van der Waals surface area contributed by atoms with Gasteiger partial charge in [0.2, 0.25) is 5.30 Å². The van der Waals surface area contributed by atoms with E-state index in [1.165, 1.54) is 0 Å². The number of hydrogen-bond acceptors (Lipinski definition) is 2. The lowest BCUT2D eigenvalue weighted by Crippen LogP contribution is -2.16. The first-order valence-electron chi connectivity index (χ1n) is 4.60. The molecule has 0 bridgehead atoms. The van der Waals surface area contributed by atoms with Gasteiger partial charge in [-0.15, -0.1) is 0 Å². The molecule has 1 aromatic carbocycles. The molecule has 0 heterocycles. The molecule has 1 unspecified atom stereocenters. The lowest BCUT2D eigenvalue weighted by molar-refractivity contribution is 0.478. The Labute approximate surface area is 85.8 Å². The zero-order chi connectivity index (χ0) is 10.9. The minimum absolute atomic E-state index is 0.140. The maximum atomic E-state index is 12.1. The van der Waals surface area contributed by atoms with Gasteiger partial charge in [-0.3, -0.25) is 0 Å². The minimum Gasteiger partial charge on any atom is -0.504 e. The molecule has 0 saturated heterocycles. The van der Waals surface area contributed by atoms with Gasteiger partial charge >= 0.3 is 7.80 Å². The number of aryl methyl sites for hydroxylation is 1. The lowest BCUT2D eigenvalue weighted by Gasteiger charge is -2.07. The topological polar surface area (TPSA) is 37.3 Å². The predicted molar refractivity (Wildman–Crippen MR) is 59.8 cm³/mol. The van der Waals surface area contributed by atoms with E-state index < -0.39 is 7.80 Å². The van der Waals surface area contributed by atoms with Crippen molar-refractivity contribution in [3.8, 4) is 5.75 Å². The standard InChI is InChI=1S/C11H15O2P/c1-8-6-5-7-9(12)10(8)14(13)11(2,3)4/h5-7H,1-4H3/p+1. The Kier molecular flexibility index (Phi) is 2.96. The summed E-state index contributed by atoms with van der Waals surface area (Å²) in [6.45, 7) is 7.61. The summed E-state index contributed by atoms with van der Waals surface area (Å²) in [5, 5.41) is 9.93. The first-order valence-corrected chi connectivity index (χ1v) is 5.86. The van der Waals surface area contributed by atoms with E-state index in [-0.39, 0.29) is 10.9 Å². The molecule has 0 fully saturated rings. The van der Waals surface area contributed by atoms with Crippen molar-refractivity contribution >= 4 is 13.1 Å². The molecular formula is C11H16O2P+. The second-order valence-electron chi connectivity index (χ2n) is 4.41. The molecule has 0 radical (unpaired) electrons. The van der Waals surface area contributed by atoms with Gasteiger partial charge in [0, 0.05) is 5.56 Å². The van der Waals surface area contributed by atoms with Gasteiger partial charge in [-0.25, -0.2) is 0 Å². The number of benzene rings is 1. The molecule has 0 aromatic heterocycles. The smallest absolute Gasteiger partial charge is 0.386 e. The van der Waals surface area contributed by atoms with Crippen LogP contribution in [-0.4, -0.2) is 10.3 Å². The van der Waals surface area contributed by atoms with Crippen LogP contribution < -0.4 is 5.30 Å². The summed E-state index contributed by atoms with van der Waals surface area (Å²) in [7, 11) is -1.56. The maximum Gasteiger partial charge on any atom is 0.386 e. The largest absolute Gasteiger partial charge is 0.504 e. The van der Waals surface area contributed by atoms with E-state index in [4.69, 9.17) is 0 Å². The Bertz CT molecular complexity index is 344. The molecular weight excluding hydrogens is 195 g/mol. The molecule has 0 aliphatic heterocycles. The van der Waals surface area contributed by atoms with Gasteiger partial charge in [0.25, 0.3) is 0 Å². The Morgan fingerprint density at radius 2 is 1.86 bits per heavy atom. The second-order valence-corrected chi connectivity index (χ2v) is 6.79. The Hall–Kier alpha value is -0.880. The molecule has 1 atom stereocenters. The highest BCUT2D eigenvalue weighted by Crippen LogP contribution is 2.40. The summed E-state index contributed by atoms with van der Waals surface area (Å²) in [6.07, 6.45) is 0. The molecule has 1 rings (SSSR count). The van der Waals surface area contributed by atoms with Crippen molar-refractivity contribution in [3.63, 3.8) is 0 Å². The quantitative estimate of drug-likeness (QED) is 0.725. The van der Waals surface area contributed by atoms with Crippen molar-refractivity contribution in [2.24, 2.45) is 0 Å². The highest BCUT2D eigenvalue weighted by Gasteiger charge is 2.39. The highest BCUT2D eigenvalue weighted by molar-refractivity contribution is 7.55. The van der Waals surface area contributed by atoms with Crippen molar-refractivity contribution < 1.29 is 9.67 Å². The van der Waals surface area contributed by atoms with Crippen LogP contribution in [-0.2, 0) is 4.57 Å².